The lowest BCUT2D eigenvalue weighted by Crippen LogP contribution is -2.59. The van der Waals surface area contributed by atoms with E-state index in [1.807, 2.05) is 13.8 Å². The number of hydrogen-bond acceptors (Lipinski definition) is 4. The number of amides is 2. The topological polar surface area (TPSA) is 98.5 Å². The molecule has 5 aliphatic carbocycles. The lowest BCUT2D eigenvalue weighted by Gasteiger charge is -2.68. The van der Waals surface area contributed by atoms with Crippen LogP contribution in [0.4, 0.5) is 4.79 Å². The molecule has 212 valence electrons. The molecule has 0 unspecified atom stereocenters. The number of primary amides is 1. The van der Waals surface area contributed by atoms with E-state index in [1.54, 1.807) is 6.08 Å². The molecule has 3 saturated carbocycles. The average molecular weight is 535 g/mol. The molecule has 0 saturated heterocycles. The molecule has 3 fully saturated rings. The number of nitrogens with two attached hydrogens (primary N) is 1. The highest BCUT2D eigenvalue weighted by Gasteiger charge is 2.65. The third kappa shape index (κ3) is 3.83. The maximum Gasteiger partial charge on any atom is 0.412 e. The molecule has 0 aliphatic heterocycles. The van der Waals surface area contributed by atoms with Crippen LogP contribution in [0.1, 0.15) is 99.8 Å². The minimum atomic E-state index is -0.599. The highest BCUT2D eigenvalue weighted by atomic mass is 16.6. The van der Waals surface area contributed by atoms with Gasteiger partial charge in [0.05, 0.1) is 0 Å². The summed E-state index contributed by atoms with van der Waals surface area (Å²) in [5.41, 5.74) is 9.68. The first-order valence-corrected chi connectivity index (χ1v) is 14.8. The fourth-order valence-electron chi connectivity index (χ4n) is 9.33. The van der Waals surface area contributed by atoms with E-state index in [0.717, 1.165) is 68.1 Å². The van der Waals surface area contributed by atoms with Crippen molar-refractivity contribution in [2.75, 3.05) is 6.54 Å². The Morgan fingerprint density at radius 2 is 1.69 bits per heavy atom. The normalized spacial score (nSPS) is 41.5. The fraction of sp³-hybridized carbons (Fsp3) is 0.667. The van der Waals surface area contributed by atoms with Crippen LogP contribution in [0.3, 0.4) is 0 Å². The highest BCUT2D eigenvalue weighted by molar-refractivity contribution is 6.08. The van der Waals surface area contributed by atoms with E-state index in [1.165, 1.54) is 5.57 Å². The Kier molecular flexibility index (Phi) is 6.40. The number of alkyl carbamates (subject to hydrolysis) is 1. The molecule has 5 rings (SSSR count). The minimum absolute atomic E-state index is 0.0288. The van der Waals surface area contributed by atoms with Crippen molar-refractivity contribution in [2.45, 2.75) is 99.8 Å². The lowest BCUT2D eigenvalue weighted by molar-refractivity contribution is -0.128. The van der Waals surface area contributed by atoms with Gasteiger partial charge in [-0.05, 0) is 105 Å². The predicted octanol–water partition coefficient (Wildman–Crippen LogP) is 6.68. The second-order valence-corrected chi connectivity index (χ2v) is 14.2. The molecule has 6 atom stereocenters. The zero-order chi connectivity index (χ0) is 28.6. The summed E-state index contributed by atoms with van der Waals surface area (Å²) in [5, 5.41) is 2.62. The van der Waals surface area contributed by atoms with Crippen molar-refractivity contribution in [1.29, 1.82) is 0 Å². The van der Waals surface area contributed by atoms with E-state index in [9.17, 15) is 14.4 Å². The number of ether oxygens (including phenoxy) is 1. The van der Waals surface area contributed by atoms with Crippen molar-refractivity contribution in [2.24, 2.45) is 38.7 Å². The molecule has 0 bridgehead atoms. The van der Waals surface area contributed by atoms with E-state index in [-0.39, 0.29) is 39.1 Å². The second-order valence-electron chi connectivity index (χ2n) is 14.2. The standard InChI is InChI=1S/C33H46N2O4/c1-8-35-28(38)39-26-20(2)21-9-10-25-31(5,22(21)19-23(26)36)16-18-32(6)24-11-12-30(4,27(34)37)14-13-29(24,3)15-17-33(25,32)7/h9-10,19,24H,8,11-18H2,1-7H3,(H2,34,37)(H,35,38)/t24-,29+,30-,31-,32-,33+/m0/s1. The number of carbonyl (C=O) groups is 3. The number of fused-ring (bicyclic) bond motifs is 7. The molecule has 0 aromatic heterocycles. The van der Waals surface area contributed by atoms with Gasteiger partial charge in [-0.1, -0.05) is 52.3 Å². The van der Waals surface area contributed by atoms with Gasteiger partial charge in [-0.15, -0.1) is 0 Å². The number of ketones is 1. The first-order valence-electron chi connectivity index (χ1n) is 14.8. The molecule has 0 aromatic rings. The summed E-state index contributed by atoms with van der Waals surface area (Å²) >= 11 is 0. The molecular weight excluding hydrogens is 488 g/mol. The average Bonchev–Trinajstić information content (AvgIpc) is 3.01. The number of rotatable bonds is 3. The van der Waals surface area contributed by atoms with E-state index in [2.05, 4.69) is 52.1 Å². The molecule has 0 heterocycles. The number of carbonyl (C=O) groups excluding carboxylic acids is 3. The van der Waals surface area contributed by atoms with Crippen LogP contribution in [0.2, 0.25) is 0 Å². The lowest BCUT2D eigenvalue weighted by atomic mass is 9.36. The van der Waals surface area contributed by atoms with E-state index < -0.39 is 11.5 Å². The Labute approximate surface area is 233 Å². The minimum Gasteiger partial charge on any atom is -0.406 e. The third-order valence-corrected chi connectivity index (χ3v) is 12.3. The molecule has 5 aliphatic rings. The van der Waals surface area contributed by atoms with Gasteiger partial charge in [-0.3, -0.25) is 9.59 Å². The first kappa shape index (κ1) is 27.9. The van der Waals surface area contributed by atoms with Crippen LogP contribution in [0.15, 0.2) is 46.3 Å². The SMILES string of the molecule is CCNC(=O)OC1=C(C)C2=CC=C3[C@@](C)(CC[C@@]4(C)[C@H]5CC[C@](C)(C(N)=O)CC[C@]5(C)CC[C@]34C)C2=CC1=O. The van der Waals surface area contributed by atoms with Gasteiger partial charge in [0, 0.05) is 22.9 Å². The molecule has 2 amide bonds. The molecule has 0 radical (unpaired) electrons. The van der Waals surface area contributed by atoms with Gasteiger partial charge in [0.1, 0.15) is 0 Å². The number of allylic oxidation sites excluding steroid dienone is 7. The Hall–Kier alpha value is -2.63. The van der Waals surface area contributed by atoms with Crippen molar-refractivity contribution in [1.82, 2.24) is 5.32 Å². The quantitative estimate of drug-likeness (QED) is 0.422. The summed E-state index contributed by atoms with van der Waals surface area (Å²) in [4.78, 5) is 37.9. The maximum atomic E-state index is 13.3. The van der Waals surface area contributed by atoms with Crippen molar-refractivity contribution >= 4 is 17.8 Å². The summed E-state index contributed by atoms with van der Waals surface area (Å²) in [5.74, 6) is 0.223. The van der Waals surface area contributed by atoms with Crippen molar-refractivity contribution in [3.63, 3.8) is 0 Å². The van der Waals surface area contributed by atoms with Crippen molar-refractivity contribution in [3.8, 4) is 0 Å². The molecular formula is C33H46N2O4. The van der Waals surface area contributed by atoms with Gasteiger partial charge in [-0.2, -0.15) is 0 Å². The van der Waals surface area contributed by atoms with Crippen LogP contribution < -0.4 is 11.1 Å². The van der Waals surface area contributed by atoms with Gasteiger partial charge in [0.15, 0.2) is 5.76 Å². The molecule has 39 heavy (non-hydrogen) atoms. The summed E-state index contributed by atoms with van der Waals surface area (Å²) in [7, 11) is 0. The summed E-state index contributed by atoms with van der Waals surface area (Å²) in [6.07, 6.45) is 13.6. The van der Waals surface area contributed by atoms with E-state index in [0.29, 0.717) is 12.5 Å². The van der Waals surface area contributed by atoms with Crippen LogP contribution in [0.25, 0.3) is 0 Å². The Morgan fingerprint density at radius 1 is 1.00 bits per heavy atom. The summed E-state index contributed by atoms with van der Waals surface area (Å²) in [6, 6.07) is 0. The zero-order valence-corrected chi connectivity index (χ0v) is 24.9. The second kappa shape index (κ2) is 8.94. The fourth-order valence-corrected chi connectivity index (χ4v) is 9.33. The smallest absolute Gasteiger partial charge is 0.406 e. The van der Waals surface area contributed by atoms with Gasteiger partial charge in [-0.25, -0.2) is 4.79 Å². The van der Waals surface area contributed by atoms with Gasteiger partial charge in [0.25, 0.3) is 0 Å². The summed E-state index contributed by atoms with van der Waals surface area (Å²) in [6.45, 7) is 15.9. The monoisotopic (exact) mass is 534 g/mol. The molecule has 3 N–H and O–H groups in total. The van der Waals surface area contributed by atoms with Gasteiger partial charge < -0.3 is 15.8 Å². The van der Waals surface area contributed by atoms with Crippen molar-refractivity contribution < 1.29 is 19.1 Å². The molecule has 0 aromatic carbocycles. The van der Waals surface area contributed by atoms with Crippen LogP contribution in [-0.4, -0.2) is 24.3 Å². The third-order valence-electron chi connectivity index (χ3n) is 12.3. The molecule has 6 heteroatoms. The summed E-state index contributed by atoms with van der Waals surface area (Å²) < 4.78 is 5.45. The molecule has 6 nitrogen and oxygen atoms in total. The predicted molar refractivity (Wildman–Crippen MR) is 152 cm³/mol. The maximum absolute atomic E-state index is 13.3. The van der Waals surface area contributed by atoms with E-state index >= 15 is 0 Å². The van der Waals surface area contributed by atoms with Crippen LogP contribution >= 0.6 is 0 Å². The number of hydrogen-bond donors (Lipinski definition) is 2. The Bertz CT molecular complexity index is 1270. The van der Waals surface area contributed by atoms with E-state index in [4.69, 9.17) is 10.5 Å². The van der Waals surface area contributed by atoms with Gasteiger partial charge in [0.2, 0.25) is 11.7 Å². The highest BCUT2D eigenvalue weighted by Crippen LogP contribution is 2.74. The van der Waals surface area contributed by atoms with Crippen LogP contribution in [-0.2, 0) is 14.3 Å². The largest absolute Gasteiger partial charge is 0.412 e. The van der Waals surface area contributed by atoms with Crippen LogP contribution in [0, 0.1) is 33.0 Å². The first-order chi connectivity index (χ1) is 18.2. The van der Waals surface area contributed by atoms with Crippen LogP contribution in [0.5, 0.6) is 0 Å². The Morgan fingerprint density at radius 3 is 2.36 bits per heavy atom. The Balaban J connectivity index is 1.56. The molecule has 0 spiro atoms. The van der Waals surface area contributed by atoms with Crippen molar-refractivity contribution in [3.05, 3.63) is 46.3 Å². The number of nitrogens with one attached hydrogen (secondary N) is 1. The zero-order valence-electron chi connectivity index (χ0n) is 24.9. The van der Waals surface area contributed by atoms with Gasteiger partial charge >= 0.3 is 6.09 Å².